The zero-order chi connectivity index (χ0) is 24.9. The summed E-state index contributed by atoms with van der Waals surface area (Å²) in [5.74, 6) is 0.0206. The van der Waals surface area contributed by atoms with Crippen molar-refractivity contribution in [3.8, 4) is 17.0 Å². The van der Waals surface area contributed by atoms with Gasteiger partial charge >= 0.3 is 6.09 Å². The van der Waals surface area contributed by atoms with E-state index in [9.17, 15) is 14.7 Å². The first-order valence-corrected chi connectivity index (χ1v) is 11.3. The van der Waals surface area contributed by atoms with E-state index in [2.05, 4.69) is 15.3 Å². The monoisotopic (exact) mass is 480 g/mol. The number of hydrogen-bond donors (Lipinski definition) is 3. The number of nitrogens with zero attached hydrogens (tertiary/aromatic N) is 4. The number of benzene rings is 1. The quantitative estimate of drug-likeness (QED) is 0.487. The molecule has 0 saturated carbocycles. The molecule has 2 amide bonds. The lowest BCUT2D eigenvalue weighted by molar-refractivity contribution is -0.132. The number of hydrogen-bond acceptors (Lipinski definition) is 7. The predicted molar refractivity (Wildman–Crippen MR) is 129 cm³/mol. The molecule has 2 aromatic heterocycles. The average Bonchev–Trinajstić information content (AvgIpc) is 2.84. The number of aromatic nitrogens is 2. The zero-order valence-corrected chi connectivity index (χ0v) is 19.3. The van der Waals surface area contributed by atoms with Crippen LogP contribution in [0.4, 0.5) is 26.4 Å². The summed E-state index contributed by atoms with van der Waals surface area (Å²) in [6.07, 6.45) is 2.39. The highest BCUT2D eigenvalue weighted by atomic mass is 19.1. The molecular weight excluding hydrogens is 455 g/mol. The SMILES string of the molecule is Cc1c(-c2cc3cc(N(C(=O)O)C4CCC(=O)N(C)C4)ncc3c(N)c2F)cnc2c1NCCO2. The lowest BCUT2D eigenvalue weighted by atomic mass is 9.97. The highest BCUT2D eigenvalue weighted by molar-refractivity contribution is 6.00. The fourth-order valence-corrected chi connectivity index (χ4v) is 4.75. The Morgan fingerprint density at radius 1 is 1.31 bits per heavy atom. The van der Waals surface area contributed by atoms with Gasteiger partial charge in [-0.1, -0.05) is 0 Å². The third-order valence-corrected chi connectivity index (χ3v) is 6.64. The Morgan fingerprint density at radius 2 is 2.11 bits per heavy atom. The summed E-state index contributed by atoms with van der Waals surface area (Å²) in [6, 6.07) is 2.76. The Balaban J connectivity index is 1.61. The molecule has 4 N–H and O–H groups in total. The maximum absolute atomic E-state index is 15.4. The third kappa shape index (κ3) is 3.82. The Morgan fingerprint density at radius 3 is 2.86 bits per heavy atom. The van der Waals surface area contributed by atoms with Crippen molar-refractivity contribution in [3.05, 3.63) is 35.9 Å². The molecule has 1 unspecified atom stereocenters. The maximum atomic E-state index is 15.4. The highest BCUT2D eigenvalue weighted by Crippen LogP contribution is 2.40. The summed E-state index contributed by atoms with van der Waals surface area (Å²) < 4.78 is 21.0. The van der Waals surface area contributed by atoms with Crippen LogP contribution >= 0.6 is 0 Å². The number of fused-ring (bicyclic) bond motifs is 2. The number of nitrogens with one attached hydrogen (secondary N) is 1. The molecule has 1 saturated heterocycles. The van der Waals surface area contributed by atoms with Gasteiger partial charge in [0.2, 0.25) is 11.8 Å². The number of piperidine rings is 1. The number of anilines is 3. The predicted octanol–water partition coefficient (Wildman–Crippen LogP) is 3.24. The van der Waals surface area contributed by atoms with Crippen molar-refractivity contribution >= 4 is 40.0 Å². The highest BCUT2D eigenvalue weighted by Gasteiger charge is 2.32. The van der Waals surface area contributed by atoms with Crippen LogP contribution in [0, 0.1) is 12.7 Å². The van der Waals surface area contributed by atoms with Crippen LogP contribution in [0.5, 0.6) is 5.88 Å². The molecule has 0 aliphatic carbocycles. The van der Waals surface area contributed by atoms with Crippen molar-refractivity contribution in [2.75, 3.05) is 42.7 Å². The van der Waals surface area contributed by atoms with Crippen LogP contribution in [0.1, 0.15) is 18.4 Å². The van der Waals surface area contributed by atoms with Crippen molar-refractivity contribution in [3.63, 3.8) is 0 Å². The molecular formula is C24H25FN6O4. The van der Waals surface area contributed by atoms with E-state index < -0.39 is 18.0 Å². The van der Waals surface area contributed by atoms with E-state index in [1.54, 1.807) is 25.4 Å². The minimum atomic E-state index is -1.18. The molecule has 2 aliphatic heterocycles. The summed E-state index contributed by atoms with van der Waals surface area (Å²) in [6.45, 7) is 3.22. The minimum absolute atomic E-state index is 0.0279. The number of likely N-dealkylation sites (tertiary alicyclic amines) is 1. The largest absolute Gasteiger partial charge is 0.474 e. The molecule has 35 heavy (non-hydrogen) atoms. The molecule has 1 atom stereocenters. The van der Waals surface area contributed by atoms with Gasteiger partial charge in [-0.2, -0.15) is 0 Å². The molecule has 5 rings (SSSR count). The molecule has 10 nitrogen and oxygen atoms in total. The lowest BCUT2D eigenvalue weighted by Crippen LogP contribution is -2.51. The second-order valence-electron chi connectivity index (χ2n) is 8.79. The lowest BCUT2D eigenvalue weighted by Gasteiger charge is -2.35. The van der Waals surface area contributed by atoms with Crippen LogP contribution in [0.3, 0.4) is 0 Å². The molecule has 0 radical (unpaired) electrons. The standard InChI is InChI=1S/C24H25FN6O4/c1-12-16(9-29-23-22(12)27-5-6-35-23)15-7-13-8-18(28-10-17(13)21(26)20(15)25)31(24(33)34)14-3-4-19(32)30(2)11-14/h7-10,14,27H,3-6,11,26H2,1-2H3,(H,33,34). The Bertz CT molecular complexity index is 1360. The summed E-state index contributed by atoms with van der Waals surface area (Å²) in [5.41, 5.74) is 8.34. The number of halogens is 1. The van der Waals surface area contributed by atoms with Crippen LogP contribution in [-0.2, 0) is 4.79 Å². The summed E-state index contributed by atoms with van der Waals surface area (Å²) in [7, 11) is 1.65. The van der Waals surface area contributed by atoms with Gasteiger partial charge in [-0.3, -0.25) is 9.69 Å². The van der Waals surface area contributed by atoms with Gasteiger partial charge in [0, 0.05) is 55.5 Å². The Kier molecular flexibility index (Phi) is 5.54. The first-order chi connectivity index (χ1) is 16.8. The topological polar surface area (TPSA) is 134 Å². The molecule has 3 aromatic rings. The molecule has 2 aliphatic rings. The van der Waals surface area contributed by atoms with Gasteiger partial charge in [0.25, 0.3) is 0 Å². The van der Waals surface area contributed by atoms with Crippen molar-refractivity contribution < 1.29 is 23.8 Å². The number of pyridine rings is 2. The minimum Gasteiger partial charge on any atom is -0.474 e. The average molecular weight is 481 g/mol. The number of carbonyl (C=O) groups excluding carboxylic acids is 1. The van der Waals surface area contributed by atoms with E-state index in [0.717, 1.165) is 10.5 Å². The molecule has 4 heterocycles. The molecule has 0 spiro atoms. The fraction of sp³-hybridized carbons (Fsp3) is 0.333. The number of likely N-dealkylation sites (N-methyl/N-ethyl adjacent to an activating group) is 1. The smallest absolute Gasteiger partial charge is 0.413 e. The van der Waals surface area contributed by atoms with Crippen LogP contribution in [0.15, 0.2) is 24.5 Å². The van der Waals surface area contributed by atoms with E-state index in [1.807, 2.05) is 6.92 Å². The van der Waals surface area contributed by atoms with E-state index in [1.165, 1.54) is 11.1 Å². The van der Waals surface area contributed by atoms with Gasteiger partial charge in [-0.25, -0.2) is 19.2 Å². The summed E-state index contributed by atoms with van der Waals surface area (Å²) in [5, 5.41) is 14.1. The number of carbonyl (C=O) groups is 2. The number of nitrogen functional groups attached to an aromatic ring is 1. The molecule has 11 heteroatoms. The van der Waals surface area contributed by atoms with Gasteiger partial charge in [-0.15, -0.1) is 0 Å². The third-order valence-electron chi connectivity index (χ3n) is 6.64. The van der Waals surface area contributed by atoms with E-state index in [0.29, 0.717) is 47.5 Å². The van der Waals surface area contributed by atoms with Crippen LogP contribution < -0.4 is 20.7 Å². The number of amides is 2. The number of nitrogens with two attached hydrogens (primary N) is 1. The number of ether oxygens (including phenoxy) is 1. The van der Waals surface area contributed by atoms with Gasteiger partial charge in [0.1, 0.15) is 18.1 Å². The van der Waals surface area contributed by atoms with Crippen LogP contribution in [-0.4, -0.2) is 64.8 Å². The van der Waals surface area contributed by atoms with Crippen LogP contribution in [0.25, 0.3) is 21.9 Å². The van der Waals surface area contributed by atoms with Crippen LogP contribution in [0.2, 0.25) is 0 Å². The second-order valence-corrected chi connectivity index (χ2v) is 8.79. The van der Waals surface area contributed by atoms with Crippen molar-refractivity contribution in [2.45, 2.75) is 25.8 Å². The first-order valence-electron chi connectivity index (χ1n) is 11.3. The van der Waals surface area contributed by atoms with Crippen molar-refractivity contribution in [2.24, 2.45) is 0 Å². The second kappa shape index (κ2) is 8.57. The Hall–Kier alpha value is -4.15. The Labute approximate surface area is 200 Å². The summed E-state index contributed by atoms with van der Waals surface area (Å²) in [4.78, 5) is 35.4. The van der Waals surface area contributed by atoms with Gasteiger partial charge in [0.15, 0.2) is 5.82 Å². The molecule has 0 bridgehead atoms. The van der Waals surface area contributed by atoms with E-state index in [4.69, 9.17) is 10.5 Å². The summed E-state index contributed by atoms with van der Waals surface area (Å²) >= 11 is 0. The molecule has 182 valence electrons. The van der Waals surface area contributed by atoms with E-state index in [-0.39, 0.29) is 35.9 Å². The first kappa shape index (κ1) is 22.6. The van der Waals surface area contributed by atoms with Gasteiger partial charge in [0.05, 0.1) is 11.7 Å². The maximum Gasteiger partial charge on any atom is 0.413 e. The number of carboxylic acid groups (broad SMARTS) is 1. The van der Waals surface area contributed by atoms with Gasteiger partial charge in [-0.05, 0) is 36.4 Å². The fourth-order valence-electron chi connectivity index (χ4n) is 4.75. The molecule has 1 fully saturated rings. The van der Waals surface area contributed by atoms with E-state index >= 15 is 4.39 Å². The van der Waals surface area contributed by atoms with Crippen molar-refractivity contribution in [1.82, 2.24) is 14.9 Å². The zero-order valence-electron chi connectivity index (χ0n) is 19.3. The molecule has 1 aromatic carbocycles. The van der Waals surface area contributed by atoms with Gasteiger partial charge < -0.3 is 25.8 Å². The normalized spacial score (nSPS) is 17.5. The van der Waals surface area contributed by atoms with Crippen molar-refractivity contribution in [1.29, 1.82) is 0 Å². The number of rotatable bonds is 3.